The summed E-state index contributed by atoms with van der Waals surface area (Å²) in [5.74, 6) is 0.424. The lowest BCUT2D eigenvalue weighted by Gasteiger charge is -2.36. The Hall–Kier alpha value is -0.650. The number of thiazole rings is 1. The Morgan fingerprint density at radius 3 is 2.57 bits per heavy atom. The normalized spacial score (nSPS) is 18.9. The first-order valence-corrected chi connectivity index (χ1v) is 8.97. The van der Waals surface area contributed by atoms with Gasteiger partial charge in [0.05, 0.1) is 17.2 Å². The largest absolute Gasteiger partial charge is 0.391 e. The van der Waals surface area contributed by atoms with Gasteiger partial charge < -0.3 is 14.9 Å². The minimum Gasteiger partial charge on any atom is -0.391 e. The van der Waals surface area contributed by atoms with E-state index in [1.165, 1.54) is 25.9 Å². The molecule has 2 heterocycles. The fraction of sp³-hybridized carbons (Fsp3) is 0.812. The predicted molar refractivity (Wildman–Crippen MR) is 90.3 cm³/mol. The molecule has 1 fully saturated rings. The van der Waals surface area contributed by atoms with Gasteiger partial charge in [0, 0.05) is 26.2 Å². The van der Waals surface area contributed by atoms with Gasteiger partial charge in [0.1, 0.15) is 0 Å². The van der Waals surface area contributed by atoms with Crippen LogP contribution in [0, 0.1) is 0 Å². The molecule has 0 aliphatic carbocycles. The van der Waals surface area contributed by atoms with Crippen LogP contribution in [-0.4, -0.2) is 47.7 Å². The summed E-state index contributed by atoms with van der Waals surface area (Å²) in [5, 5.41) is 10.7. The molecule has 1 N–H and O–H groups in total. The summed E-state index contributed by atoms with van der Waals surface area (Å²) in [6.45, 7) is 10.2. The number of nitrogens with zero attached hydrogens (tertiary/aromatic N) is 3. The van der Waals surface area contributed by atoms with Gasteiger partial charge in [0.15, 0.2) is 5.13 Å². The number of hydrogen-bond donors (Lipinski definition) is 1. The fourth-order valence-corrected chi connectivity index (χ4v) is 4.05. The zero-order chi connectivity index (χ0) is 15.4. The molecule has 0 amide bonds. The molecule has 0 aromatic carbocycles. The van der Waals surface area contributed by atoms with Gasteiger partial charge in [-0.3, -0.25) is 0 Å². The summed E-state index contributed by atoms with van der Waals surface area (Å²) in [6.07, 6.45) is 3.48. The Morgan fingerprint density at radius 2 is 2.05 bits per heavy atom. The Morgan fingerprint density at radius 1 is 1.38 bits per heavy atom. The van der Waals surface area contributed by atoms with Crippen molar-refractivity contribution in [3.63, 3.8) is 0 Å². The van der Waals surface area contributed by atoms with Crippen LogP contribution in [0.1, 0.15) is 56.5 Å². The summed E-state index contributed by atoms with van der Waals surface area (Å²) >= 11 is 1.66. The lowest BCUT2D eigenvalue weighted by Crippen LogP contribution is -2.43. The summed E-state index contributed by atoms with van der Waals surface area (Å²) < 4.78 is 0. The van der Waals surface area contributed by atoms with E-state index in [2.05, 4.69) is 37.6 Å². The number of rotatable bonds is 6. The highest BCUT2D eigenvalue weighted by Crippen LogP contribution is 2.33. The van der Waals surface area contributed by atoms with E-state index < -0.39 is 0 Å². The van der Waals surface area contributed by atoms with Crippen LogP contribution < -0.4 is 4.90 Å². The number of hydrogen-bond acceptors (Lipinski definition) is 5. The molecule has 1 aromatic heterocycles. The highest BCUT2D eigenvalue weighted by molar-refractivity contribution is 7.15. The second kappa shape index (κ2) is 7.56. The van der Waals surface area contributed by atoms with Crippen molar-refractivity contribution in [1.29, 1.82) is 0 Å². The van der Waals surface area contributed by atoms with Crippen LogP contribution in [-0.2, 0) is 6.61 Å². The Kier molecular flexibility index (Phi) is 6.02. The Bertz CT molecular complexity index is 441. The molecule has 0 spiro atoms. The van der Waals surface area contributed by atoms with E-state index in [4.69, 9.17) is 4.98 Å². The average molecular weight is 311 g/mol. The lowest BCUT2D eigenvalue weighted by molar-refractivity contribution is 0.221. The molecule has 0 bridgehead atoms. The third-order valence-electron chi connectivity index (χ3n) is 4.79. The number of likely N-dealkylation sites (tertiary alicyclic amines) is 1. The molecule has 0 saturated carbocycles. The Labute approximate surface area is 132 Å². The van der Waals surface area contributed by atoms with Crippen molar-refractivity contribution in [2.24, 2.45) is 0 Å². The quantitative estimate of drug-likeness (QED) is 0.876. The van der Waals surface area contributed by atoms with Gasteiger partial charge in [0.25, 0.3) is 0 Å². The first kappa shape index (κ1) is 16.7. The van der Waals surface area contributed by atoms with Gasteiger partial charge >= 0.3 is 0 Å². The molecule has 1 aliphatic heterocycles. The molecule has 1 unspecified atom stereocenters. The topological polar surface area (TPSA) is 39.6 Å². The van der Waals surface area contributed by atoms with Crippen LogP contribution in [0.5, 0.6) is 0 Å². The second-order valence-corrected chi connectivity index (χ2v) is 7.11. The Balaban J connectivity index is 2.09. The predicted octanol–water partition coefficient (Wildman–Crippen LogP) is 3.07. The fourth-order valence-electron chi connectivity index (χ4n) is 2.97. The van der Waals surface area contributed by atoms with Crippen LogP contribution in [0.15, 0.2) is 0 Å². The summed E-state index contributed by atoms with van der Waals surface area (Å²) in [6, 6.07) is 0.579. The van der Waals surface area contributed by atoms with Crippen molar-refractivity contribution in [2.75, 3.05) is 31.6 Å². The van der Waals surface area contributed by atoms with Crippen molar-refractivity contribution in [1.82, 2.24) is 9.88 Å². The van der Waals surface area contributed by atoms with E-state index in [0.717, 1.165) is 28.7 Å². The van der Waals surface area contributed by atoms with Crippen molar-refractivity contribution >= 4 is 16.5 Å². The molecule has 21 heavy (non-hydrogen) atoms. The monoisotopic (exact) mass is 311 g/mol. The van der Waals surface area contributed by atoms with Crippen LogP contribution >= 0.6 is 11.3 Å². The molecule has 120 valence electrons. The highest BCUT2D eigenvalue weighted by atomic mass is 32.1. The molecule has 0 radical (unpaired) electrons. The minimum atomic E-state index is 0.111. The molecule has 1 atom stereocenters. The minimum absolute atomic E-state index is 0.111. The van der Waals surface area contributed by atoms with Crippen molar-refractivity contribution in [3.8, 4) is 0 Å². The number of piperidine rings is 1. The molecular weight excluding hydrogens is 282 g/mol. The molecule has 5 heteroatoms. The smallest absolute Gasteiger partial charge is 0.185 e. The third-order valence-corrected chi connectivity index (χ3v) is 5.94. The van der Waals surface area contributed by atoms with E-state index >= 15 is 0 Å². The summed E-state index contributed by atoms with van der Waals surface area (Å²) in [7, 11) is 2.16. The van der Waals surface area contributed by atoms with Gasteiger partial charge in [-0.15, -0.1) is 0 Å². The number of aliphatic hydroxyl groups is 1. The standard InChI is InChI=1S/C16H29N3OS/c1-5-12(3)15-14(11-20)21-16(17-15)18(4)13-7-9-19(6-2)10-8-13/h12-13,20H,5-11H2,1-4H3. The summed E-state index contributed by atoms with van der Waals surface area (Å²) in [4.78, 5) is 10.7. The number of anilines is 1. The van der Waals surface area contributed by atoms with Crippen molar-refractivity contribution < 1.29 is 5.11 Å². The van der Waals surface area contributed by atoms with Gasteiger partial charge in [-0.05, 0) is 31.7 Å². The second-order valence-electron chi connectivity index (χ2n) is 6.05. The molecular formula is C16H29N3OS. The van der Waals surface area contributed by atoms with Crippen LogP contribution in [0.2, 0.25) is 0 Å². The first-order valence-electron chi connectivity index (χ1n) is 8.16. The zero-order valence-corrected chi connectivity index (χ0v) is 14.6. The zero-order valence-electron chi connectivity index (χ0n) is 13.8. The van der Waals surface area contributed by atoms with Crippen LogP contribution in [0.3, 0.4) is 0 Å². The van der Waals surface area contributed by atoms with E-state index in [1.54, 1.807) is 11.3 Å². The molecule has 2 rings (SSSR count). The van der Waals surface area contributed by atoms with Crippen molar-refractivity contribution in [3.05, 3.63) is 10.6 Å². The lowest BCUT2D eigenvalue weighted by atomic mass is 10.0. The highest BCUT2D eigenvalue weighted by Gasteiger charge is 2.25. The van der Waals surface area contributed by atoms with Gasteiger partial charge in [0.2, 0.25) is 0 Å². The average Bonchev–Trinajstić information content (AvgIpc) is 2.97. The number of aromatic nitrogens is 1. The maximum Gasteiger partial charge on any atom is 0.185 e. The van der Waals surface area contributed by atoms with E-state index in [1.807, 2.05) is 0 Å². The van der Waals surface area contributed by atoms with E-state index in [9.17, 15) is 5.11 Å². The maximum atomic E-state index is 9.58. The molecule has 1 saturated heterocycles. The number of aliphatic hydroxyl groups excluding tert-OH is 1. The summed E-state index contributed by atoms with van der Waals surface area (Å²) in [5.41, 5.74) is 1.10. The molecule has 4 nitrogen and oxygen atoms in total. The molecule has 1 aliphatic rings. The molecule has 1 aromatic rings. The van der Waals surface area contributed by atoms with E-state index in [0.29, 0.717) is 12.0 Å². The van der Waals surface area contributed by atoms with Gasteiger partial charge in [-0.2, -0.15) is 0 Å². The maximum absolute atomic E-state index is 9.58. The van der Waals surface area contributed by atoms with Crippen LogP contribution in [0.4, 0.5) is 5.13 Å². The SMILES string of the molecule is CCC(C)c1nc(N(C)C2CCN(CC)CC2)sc1CO. The van der Waals surface area contributed by atoms with Crippen LogP contribution in [0.25, 0.3) is 0 Å². The van der Waals surface area contributed by atoms with E-state index in [-0.39, 0.29) is 6.61 Å². The van der Waals surface area contributed by atoms with Crippen molar-refractivity contribution in [2.45, 2.75) is 58.6 Å². The van der Waals surface area contributed by atoms with Gasteiger partial charge in [-0.1, -0.05) is 32.1 Å². The van der Waals surface area contributed by atoms with Gasteiger partial charge in [-0.25, -0.2) is 4.98 Å². The third kappa shape index (κ3) is 3.76. The first-order chi connectivity index (χ1) is 10.1.